The zero-order chi connectivity index (χ0) is 18.1. The van der Waals surface area contributed by atoms with Gasteiger partial charge in [-0.25, -0.2) is 12.8 Å². The van der Waals surface area contributed by atoms with E-state index in [-0.39, 0.29) is 4.90 Å². The standard InChI is InChI=1S/C19H22FN3O2S/c20-16-5-2-6-17(12-16)26(24,25)23-13-15-4-1-7-19(18(15)14-23)22-10-3-8-21-9-11-22/h1-2,4-7,12,21H,3,8-11,13-14H2. The van der Waals surface area contributed by atoms with E-state index < -0.39 is 15.8 Å². The SMILES string of the molecule is O=S(=O)(c1cccc(F)c1)N1Cc2cccc(N3CCCNCC3)c2C1. The average Bonchev–Trinajstić information content (AvgIpc) is 2.90. The molecule has 0 saturated carbocycles. The first-order valence-electron chi connectivity index (χ1n) is 8.88. The molecule has 0 amide bonds. The molecule has 1 N–H and O–H groups in total. The number of hydrogen-bond donors (Lipinski definition) is 1. The maximum Gasteiger partial charge on any atom is 0.243 e. The Kier molecular flexibility index (Phi) is 4.69. The van der Waals surface area contributed by atoms with Crippen molar-refractivity contribution in [1.82, 2.24) is 9.62 Å². The van der Waals surface area contributed by atoms with Crippen LogP contribution in [-0.2, 0) is 23.1 Å². The summed E-state index contributed by atoms with van der Waals surface area (Å²) in [5.41, 5.74) is 3.21. The van der Waals surface area contributed by atoms with Gasteiger partial charge >= 0.3 is 0 Å². The molecule has 0 aromatic heterocycles. The minimum absolute atomic E-state index is 0.00540. The van der Waals surface area contributed by atoms with Gasteiger partial charge in [0.15, 0.2) is 0 Å². The molecule has 2 heterocycles. The van der Waals surface area contributed by atoms with Crippen molar-refractivity contribution in [2.24, 2.45) is 0 Å². The van der Waals surface area contributed by atoms with Gasteiger partial charge in [-0.05, 0) is 48.4 Å². The van der Waals surface area contributed by atoms with Crippen LogP contribution in [0.1, 0.15) is 17.5 Å². The Morgan fingerprint density at radius 3 is 2.69 bits per heavy atom. The first kappa shape index (κ1) is 17.5. The van der Waals surface area contributed by atoms with Crippen molar-refractivity contribution < 1.29 is 12.8 Å². The molecule has 2 aromatic carbocycles. The van der Waals surface area contributed by atoms with Crippen molar-refractivity contribution >= 4 is 15.7 Å². The van der Waals surface area contributed by atoms with E-state index in [0.717, 1.165) is 55.5 Å². The van der Waals surface area contributed by atoms with Crippen LogP contribution in [-0.4, -0.2) is 38.9 Å². The zero-order valence-corrected chi connectivity index (χ0v) is 15.3. The lowest BCUT2D eigenvalue weighted by molar-refractivity contribution is 0.431. The van der Waals surface area contributed by atoms with Crippen LogP contribution in [0, 0.1) is 5.82 Å². The predicted molar refractivity (Wildman–Crippen MR) is 99.0 cm³/mol. The average molecular weight is 375 g/mol. The van der Waals surface area contributed by atoms with E-state index in [1.165, 1.54) is 22.5 Å². The summed E-state index contributed by atoms with van der Waals surface area (Å²) in [5.74, 6) is -0.541. The van der Waals surface area contributed by atoms with E-state index in [0.29, 0.717) is 13.1 Å². The number of halogens is 1. The van der Waals surface area contributed by atoms with Crippen LogP contribution in [0.5, 0.6) is 0 Å². The lowest BCUT2D eigenvalue weighted by Crippen LogP contribution is -2.29. The Morgan fingerprint density at radius 2 is 1.85 bits per heavy atom. The third-order valence-electron chi connectivity index (χ3n) is 5.04. The molecule has 5 nitrogen and oxygen atoms in total. The van der Waals surface area contributed by atoms with Crippen LogP contribution in [0.15, 0.2) is 47.4 Å². The largest absolute Gasteiger partial charge is 0.370 e. The number of nitrogens with zero attached hydrogens (tertiary/aromatic N) is 2. The fraction of sp³-hybridized carbons (Fsp3) is 0.368. The van der Waals surface area contributed by atoms with Gasteiger partial charge in [-0.3, -0.25) is 0 Å². The Bertz CT molecular complexity index is 909. The van der Waals surface area contributed by atoms with Crippen LogP contribution < -0.4 is 10.2 Å². The van der Waals surface area contributed by atoms with Gasteiger partial charge in [-0.15, -0.1) is 0 Å². The number of sulfonamides is 1. The van der Waals surface area contributed by atoms with Crippen molar-refractivity contribution in [3.05, 3.63) is 59.4 Å². The van der Waals surface area contributed by atoms with Gasteiger partial charge in [0.1, 0.15) is 5.82 Å². The van der Waals surface area contributed by atoms with Crippen molar-refractivity contribution in [2.75, 3.05) is 31.1 Å². The fourth-order valence-electron chi connectivity index (χ4n) is 3.70. The Hall–Kier alpha value is -1.96. The second-order valence-corrected chi connectivity index (χ2v) is 8.67. The number of hydrogen-bond acceptors (Lipinski definition) is 4. The molecule has 2 aliphatic heterocycles. The summed E-state index contributed by atoms with van der Waals surface area (Å²) in [4.78, 5) is 2.34. The predicted octanol–water partition coefficient (Wildman–Crippen LogP) is 2.33. The first-order chi connectivity index (χ1) is 12.6. The summed E-state index contributed by atoms with van der Waals surface area (Å²) in [6.07, 6.45) is 1.06. The summed E-state index contributed by atoms with van der Waals surface area (Å²) in [6.45, 7) is 4.45. The second kappa shape index (κ2) is 6.98. The lowest BCUT2D eigenvalue weighted by atomic mass is 10.1. The molecular weight excluding hydrogens is 353 g/mol. The normalized spacial score (nSPS) is 18.6. The molecule has 0 aliphatic carbocycles. The number of benzene rings is 2. The highest BCUT2D eigenvalue weighted by Gasteiger charge is 2.33. The van der Waals surface area contributed by atoms with E-state index in [1.807, 2.05) is 12.1 Å². The highest BCUT2D eigenvalue weighted by Crippen LogP contribution is 2.35. The minimum atomic E-state index is -3.72. The van der Waals surface area contributed by atoms with Gasteiger partial charge in [0, 0.05) is 38.4 Å². The molecule has 2 aromatic rings. The third kappa shape index (κ3) is 3.22. The number of fused-ring (bicyclic) bond motifs is 1. The maximum atomic E-state index is 13.5. The van der Waals surface area contributed by atoms with Crippen LogP contribution in [0.4, 0.5) is 10.1 Å². The molecule has 0 spiro atoms. The quantitative estimate of drug-likeness (QED) is 0.895. The maximum absolute atomic E-state index is 13.5. The summed E-state index contributed by atoms with van der Waals surface area (Å²) in [7, 11) is -3.72. The van der Waals surface area contributed by atoms with Crippen molar-refractivity contribution in [1.29, 1.82) is 0 Å². The van der Waals surface area contributed by atoms with Crippen molar-refractivity contribution in [2.45, 2.75) is 24.4 Å². The number of anilines is 1. The van der Waals surface area contributed by atoms with Crippen LogP contribution in [0.3, 0.4) is 0 Å². The monoisotopic (exact) mass is 375 g/mol. The molecule has 0 unspecified atom stereocenters. The van der Waals surface area contributed by atoms with Gasteiger partial charge in [-0.1, -0.05) is 18.2 Å². The molecule has 138 valence electrons. The van der Waals surface area contributed by atoms with E-state index in [1.54, 1.807) is 0 Å². The fourth-order valence-corrected chi connectivity index (χ4v) is 5.12. The van der Waals surface area contributed by atoms with E-state index in [4.69, 9.17) is 0 Å². The molecule has 1 fully saturated rings. The second-order valence-electron chi connectivity index (χ2n) is 6.74. The zero-order valence-electron chi connectivity index (χ0n) is 14.5. The molecule has 26 heavy (non-hydrogen) atoms. The summed E-state index contributed by atoms with van der Waals surface area (Å²) in [5, 5.41) is 3.39. The van der Waals surface area contributed by atoms with Gasteiger partial charge < -0.3 is 10.2 Å². The highest BCUT2D eigenvalue weighted by atomic mass is 32.2. The van der Waals surface area contributed by atoms with Gasteiger partial charge in [0.05, 0.1) is 4.90 Å². The van der Waals surface area contributed by atoms with E-state index >= 15 is 0 Å². The highest BCUT2D eigenvalue weighted by molar-refractivity contribution is 7.89. The molecule has 4 rings (SSSR count). The number of nitrogens with one attached hydrogen (secondary N) is 1. The van der Waals surface area contributed by atoms with Crippen LogP contribution >= 0.6 is 0 Å². The molecular formula is C19H22FN3O2S. The van der Waals surface area contributed by atoms with Crippen molar-refractivity contribution in [3.63, 3.8) is 0 Å². The van der Waals surface area contributed by atoms with Crippen LogP contribution in [0.25, 0.3) is 0 Å². The Balaban J connectivity index is 1.64. The number of rotatable bonds is 3. The first-order valence-corrected chi connectivity index (χ1v) is 10.3. The van der Waals surface area contributed by atoms with Gasteiger partial charge in [-0.2, -0.15) is 4.31 Å². The summed E-state index contributed by atoms with van der Waals surface area (Å²) < 4.78 is 40.8. The van der Waals surface area contributed by atoms with Gasteiger partial charge in [0.2, 0.25) is 10.0 Å². The van der Waals surface area contributed by atoms with Gasteiger partial charge in [0.25, 0.3) is 0 Å². The Labute approximate surface area is 153 Å². The van der Waals surface area contributed by atoms with Crippen molar-refractivity contribution in [3.8, 4) is 0 Å². The van der Waals surface area contributed by atoms with Crippen LogP contribution in [0.2, 0.25) is 0 Å². The third-order valence-corrected chi connectivity index (χ3v) is 6.83. The van der Waals surface area contributed by atoms with E-state index in [9.17, 15) is 12.8 Å². The molecule has 2 aliphatic rings. The lowest BCUT2D eigenvalue weighted by Gasteiger charge is -2.25. The Morgan fingerprint density at radius 1 is 1.00 bits per heavy atom. The smallest absolute Gasteiger partial charge is 0.243 e. The molecule has 0 bridgehead atoms. The minimum Gasteiger partial charge on any atom is -0.370 e. The molecule has 0 atom stereocenters. The van der Waals surface area contributed by atoms with E-state index in [2.05, 4.69) is 16.3 Å². The molecule has 0 radical (unpaired) electrons. The summed E-state index contributed by atoms with van der Waals surface area (Å²) >= 11 is 0. The summed E-state index contributed by atoms with van der Waals surface area (Å²) in [6, 6.07) is 11.3. The topological polar surface area (TPSA) is 52.7 Å². The molecule has 7 heteroatoms. The molecule has 1 saturated heterocycles.